The molecule has 1 heterocycles. The molecule has 1 aliphatic carbocycles. The fraction of sp³-hybridized carbons (Fsp3) is 0.632. The van der Waals surface area contributed by atoms with E-state index < -0.39 is 0 Å². The van der Waals surface area contributed by atoms with E-state index in [9.17, 15) is 4.79 Å². The van der Waals surface area contributed by atoms with E-state index in [-0.39, 0.29) is 5.41 Å². The summed E-state index contributed by atoms with van der Waals surface area (Å²) in [6.07, 6.45) is 7.15. The number of hydrogen-bond donors (Lipinski definition) is 0. The third-order valence-corrected chi connectivity index (χ3v) is 5.32. The number of carbonyl (C=O) groups is 1. The minimum Gasteiger partial charge on any atom is -0.497 e. The van der Waals surface area contributed by atoms with Crippen LogP contribution in [0.4, 0.5) is 0 Å². The predicted octanol–water partition coefficient (Wildman–Crippen LogP) is 3.27. The predicted molar refractivity (Wildman–Crippen MR) is 91.2 cm³/mol. The van der Waals surface area contributed by atoms with Gasteiger partial charge in [0.25, 0.3) is 0 Å². The van der Waals surface area contributed by atoms with Gasteiger partial charge in [0.05, 0.1) is 13.8 Å². The van der Waals surface area contributed by atoms with E-state index in [1.54, 1.807) is 7.11 Å². The van der Waals surface area contributed by atoms with Gasteiger partial charge in [-0.1, -0.05) is 31.4 Å². The van der Waals surface area contributed by atoms with Gasteiger partial charge >= 0.3 is 0 Å². The van der Waals surface area contributed by atoms with Gasteiger partial charge in [0, 0.05) is 19.5 Å². The molecule has 23 heavy (non-hydrogen) atoms. The lowest BCUT2D eigenvalue weighted by Crippen LogP contribution is -2.38. The Kier molecular flexibility index (Phi) is 4.90. The normalized spacial score (nSPS) is 20.5. The maximum absolute atomic E-state index is 12.4. The minimum absolute atomic E-state index is 0.284. The lowest BCUT2D eigenvalue weighted by molar-refractivity contribution is -0.129. The molecule has 2 aliphatic rings. The number of nitrogens with zero attached hydrogens (tertiary/aromatic N) is 2. The van der Waals surface area contributed by atoms with Crippen molar-refractivity contribution in [2.24, 2.45) is 5.41 Å². The summed E-state index contributed by atoms with van der Waals surface area (Å²) in [5.74, 6) is 1.22. The van der Waals surface area contributed by atoms with Crippen LogP contribution in [0.25, 0.3) is 0 Å². The molecule has 0 N–H and O–H groups in total. The van der Waals surface area contributed by atoms with Crippen LogP contribution in [0.15, 0.2) is 24.3 Å². The number of benzene rings is 1. The fourth-order valence-corrected chi connectivity index (χ4v) is 4.17. The molecule has 4 nitrogen and oxygen atoms in total. The van der Waals surface area contributed by atoms with Crippen molar-refractivity contribution in [2.45, 2.75) is 45.1 Å². The van der Waals surface area contributed by atoms with Crippen molar-refractivity contribution in [1.82, 2.24) is 9.80 Å². The SMILES string of the molecule is COc1cccc(CN(C)CN2CC3(CCCCC3)CC2=O)c1. The van der Waals surface area contributed by atoms with Gasteiger partial charge in [-0.2, -0.15) is 0 Å². The Hall–Kier alpha value is -1.55. The van der Waals surface area contributed by atoms with Crippen molar-refractivity contribution < 1.29 is 9.53 Å². The zero-order chi connectivity index (χ0) is 16.3. The van der Waals surface area contributed by atoms with E-state index in [4.69, 9.17) is 4.74 Å². The van der Waals surface area contributed by atoms with Crippen LogP contribution in [-0.2, 0) is 11.3 Å². The molecule has 2 fully saturated rings. The van der Waals surface area contributed by atoms with Crippen LogP contribution < -0.4 is 4.74 Å². The molecule has 1 aromatic carbocycles. The second-order valence-electron chi connectivity index (χ2n) is 7.34. The smallest absolute Gasteiger partial charge is 0.224 e. The van der Waals surface area contributed by atoms with Gasteiger partial charge in [-0.25, -0.2) is 0 Å². The van der Waals surface area contributed by atoms with Gasteiger partial charge in [-0.15, -0.1) is 0 Å². The average Bonchev–Trinajstić information content (AvgIpc) is 2.83. The van der Waals surface area contributed by atoms with Crippen LogP contribution in [0, 0.1) is 5.41 Å². The first-order valence-corrected chi connectivity index (χ1v) is 8.69. The molecule has 0 radical (unpaired) electrons. The second-order valence-corrected chi connectivity index (χ2v) is 7.34. The highest BCUT2D eigenvalue weighted by molar-refractivity contribution is 5.79. The first-order chi connectivity index (χ1) is 11.1. The van der Waals surface area contributed by atoms with Crippen LogP contribution in [0.5, 0.6) is 5.75 Å². The van der Waals surface area contributed by atoms with Gasteiger partial charge in [0.1, 0.15) is 5.75 Å². The molecule has 0 aromatic heterocycles. The lowest BCUT2D eigenvalue weighted by Gasteiger charge is -2.33. The van der Waals surface area contributed by atoms with Crippen LogP contribution in [0.1, 0.15) is 44.1 Å². The van der Waals surface area contributed by atoms with E-state index in [0.717, 1.165) is 31.9 Å². The summed E-state index contributed by atoms with van der Waals surface area (Å²) in [6.45, 7) is 2.50. The first-order valence-electron chi connectivity index (χ1n) is 8.69. The Labute approximate surface area is 139 Å². The first kappa shape index (κ1) is 16.3. The number of hydrogen-bond acceptors (Lipinski definition) is 3. The number of ether oxygens (including phenoxy) is 1. The Balaban J connectivity index is 1.57. The summed E-state index contributed by atoms with van der Waals surface area (Å²) >= 11 is 0. The monoisotopic (exact) mass is 316 g/mol. The molecule has 126 valence electrons. The number of rotatable bonds is 5. The quantitative estimate of drug-likeness (QED) is 0.836. The molecule has 1 amide bonds. The Morgan fingerprint density at radius 2 is 2.04 bits per heavy atom. The molecule has 0 atom stereocenters. The van der Waals surface area contributed by atoms with Crippen molar-refractivity contribution in [3.63, 3.8) is 0 Å². The molecule has 1 aliphatic heterocycles. The summed E-state index contributed by atoms with van der Waals surface area (Å²) in [7, 11) is 3.77. The molecule has 1 aromatic rings. The van der Waals surface area contributed by atoms with E-state index in [0.29, 0.717) is 5.91 Å². The molecule has 3 rings (SSSR count). The molecule has 1 saturated carbocycles. The topological polar surface area (TPSA) is 32.8 Å². The molecule has 0 bridgehead atoms. The zero-order valence-electron chi connectivity index (χ0n) is 14.4. The Morgan fingerprint density at radius 3 is 2.78 bits per heavy atom. The number of amides is 1. The van der Waals surface area contributed by atoms with Crippen LogP contribution in [0.3, 0.4) is 0 Å². The lowest BCUT2D eigenvalue weighted by atomic mass is 9.73. The molecular formula is C19H28N2O2. The highest BCUT2D eigenvalue weighted by Gasteiger charge is 2.43. The molecule has 0 unspecified atom stereocenters. The molecule has 4 heteroatoms. The third-order valence-electron chi connectivity index (χ3n) is 5.32. The average molecular weight is 316 g/mol. The fourth-order valence-electron chi connectivity index (χ4n) is 4.17. The van der Waals surface area contributed by atoms with E-state index in [1.165, 1.54) is 37.7 Å². The Bertz CT molecular complexity index is 552. The van der Waals surface area contributed by atoms with Gasteiger partial charge in [-0.05, 0) is 43.0 Å². The standard InChI is InChI=1S/C19H28N2O2/c1-20(13-16-7-6-8-17(11-16)23-2)15-21-14-19(12-18(21)22)9-4-3-5-10-19/h6-8,11H,3-5,9-10,12-15H2,1-2H3. The van der Waals surface area contributed by atoms with Crippen LogP contribution in [0.2, 0.25) is 0 Å². The largest absolute Gasteiger partial charge is 0.497 e. The van der Waals surface area contributed by atoms with Crippen LogP contribution >= 0.6 is 0 Å². The maximum atomic E-state index is 12.4. The van der Waals surface area contributed by atoms with E-state index in [2.05, 4.69) is 29.0 Å². The summed E-state index contributed by atoms with van der Waals surface area (Å²) < 4.78 is 5.28. The summed E-state index contributed by atoms with van der Waals surface area (Å²) in [5.41, 5.74) is 1.50. The zero-order valence-corrected chi connectivity index (χ0v) is 14.4. The van der Waals surface area contributed by atoms with Crippen LogP contribution in [-0.4, -0.2) is 43.1 Å². The highest BCUT2D eigenvalue weighted by Crippen LogP contribution is 2.44. The van der Waals surface area contributed by atoms with Crippen molar-refractivity contribution in [1.29, 1.82) is 0 Å². The van der Waals surface area contributed by atoms with Crippen molar-refractivity contribution >= 4 is 5.91 Å². The third kappa shape index (κ3) is 3.86. The Morgan fingerprint density at radius 1 is 1.26 bits per heavy atom. The number of methoxy groups -OCH3 is 1. The number of carbonyl (C=O) groups excluding carboxylic acids is 1. The van der Waals surface area contributed by atoms with E-state index >= 15 is 0 Å². The molecular weight excluding hydrogens is 288 g/mol. The molecule has 1 spiro atoms. The van der Waals surface area contributed by atoms with Gasteiger partial charge < -0.3 is 9.64 Å². The van der Waals surface area contributed by atoms with Gasteiger partial charge in [0.15, 0.2) is 0 Å². The highest BCUT2D eigenvalue weighted by atomic mass is 16.5. The van der Waals surface area contributed by atoms with Crippen molar-refractivity contribution in [2.75, 3.05) is 27.4 Å². The van der Waals surface area contributed by atoms with Crippen molar-refractivity contribution in [3.8, 4) is 5.75 Å². The van der Waals surface area contributed by atoms with E-state index in [1.807, 2.05) is 12.1 Å². The van der Waals surface area contributed by atoms with Crippen molar-refractivity contribution in [3.05, 3.63) is 29.8 Å². The molecule has 1 saturated heterocycles. The maximum Gasteiger partial charge on any atom is 0.224 e. The summed E-state index contributed by atoms with van der Waals surface area (Å²) in [6, 6.07) is 8.14. The minimum atomic E-state index is 0.284. The summed E-state index contributed by atoms with van der Waals surface area (Å²) in [4.78, 5) is 16.7. The van der Waals surface area contributed by atoms with Gasteiger partial charge in [-0.3, -0.25) is 9.69 Å². The summed E-state index contributed by atoms with van der Waals surface area (Å²) in [5, 5.41) is 0. The number of likely N-dealkylation sites (tertiary alicyclic amines) is 1. The second kappa shape index (κ2) is 6.91. The van der Waals surface area contributed by atoms with Gasteiger partial charge in [0.2, 0.25) is 5.91 Å².